The third kappa shape index (κ3) is 25.4. The predicted molar refractivity (Wildman–Crippen MR) is 322 cm³/mol. The summed E-state index contributed by atoms with van der Waals surface area (Å²) in [6, 6.07) is 14.7. The lowest BCUT2D eigenvalue weighted by molar-refractivity contribution is -0.146. The van der Waals surface area contributed by atoms with Crippen molar-refractivity contribution in [2.45, 2.75) is 155 Å². The second kappa shape index (κ2) is 38.1. The number of carboxylic acid groups (broad SMARTS) is 1. The summed E-state index contributed by atoms with van der Waals surface area (Å²) in [7, 11) is 3.13. The molecule has 2 aromatic carbocycles. The van der Waals surface area contributed by atoms with E-state index in [1.54, 1.807) is 38.9 Å². The minimum Gasteiger partial charge on any atom is -0.505 e. The molecule has 0 spiro atoms. The van der Waals surface area contributed by atoms with Crippen molar-refractivity contribution in [1.82, 2.24) is 19.8 Å². The third-order valence-corrected chi connectivity index (χ3v) is 14.0. The fourth-order valence-electron chi connectivity index (χ4n) is 9.56. The number of carbonyl (C=O) groups excluding carboxylic acids is 4. The standard InChI is InChI=1S/C30H40FN5O6.C30H40FN3O6.C2H5N3/c1-36(29(37)9-5-3-7-24-12-10-22-6-2-4-8-26(22)34-24)27(21-30(38)39)23-11-13-28(25(31)20-23)42-19-18-41-17-16-40-15-14-33-35-32;1-6-39-27(37)19-24(21-14-16-25(35)23(31)18-21)33(5)26(36)12-8-7-11-22-15-13-20-10-9-17-34(28(20)32-22)29(38)40-30(2,3)4;1-2-4-5-3/h10-13,20,27H,2-9,14-19,21H2,1H3,(H,38,39);13-16,18,24,35H,6-12,17,19H2,1-5H3;2H2,1H3/t27-;24-;/m00./s1. The summed E-state index contributed by atoms with van der Waals surface area (Å²) in [5.74, 6) is -3.31. The number of hydrogen-bond acceptors (Lipinski definition) is 15. The number of nitrogens with zero attached hydrogens (tertiary/aromatic N) is 11. The first kappa shape index (κ1) is 71.4. The highest BCUT2D eigenvalue weighted by Crippen LogP contribution is 2.32. The van der Waals surface area contributed by atoms with E-state index in [1.807, 2.05) is 32.9 Å². The Labute approximate surface area is 507 Å². The number of hydrogen-bond donors (Lipinski definition) is 2. The Balaban J connectivity index is 0.000000346. The van der Waals surface area contributed by atoms with Crippen LogP contribution >= 0.6 is 0 Å². The number of unbranched alkanes of at least 4 members (excludes halogenated alkanes) is 2. The molecular formula is C62H85F2N11O12. The first-order valence-corrected chi connectivity index (χ1v) is 29.6. The van der Waals surface area contributed by atoms with Gasteiger partial charge in [0.1, 0.15) is 18.0 Å². The van der Waals surface area contributed by atoms with Crippen LogP contribution in [0.15, 0.2) is 70.9 Å². The van der Waals surface area contributed by atoms with Crippen LogP contribution in [0.3, 0.4) is 0 Å². The number of carboxylic acids is 1. The third-order valence-electron chi connectivity index (χ3n) is 14.0. The lowest BCUT2D eigenvalue weighted by Crippen LogP contribution is -2.40. The van der Waals surface area contributed by atoms with Gasteiger partial charge in [-0.3, -0.25) is 29.1 Å². The zero-order valence-electron chi connectivity index (χ0n) is 51.3. The number of rotatable bonds is 30. The van der Waals surface area contributed by atoms with Gasteiger partial charge in [0.05, 0.1) is 58.0 Å². The number of carbonyl (C=O) groups is 5. The normalized spacial score (nSPS) is 13.0. The molecule has 474 valence electrons. The Hall–Kier alpha value is -8.11. The van der Waals surface area contributed by atoms with Gasteiger partial charge in [-0.2, -0.15) is 0 Å². The largest absolute Gasteiger partial charge is 0.505 e. The number of pyridine rings is 2. The highest BCUT2D eigenvalue weighted by atomic mass is 19.1. The monoisotopic (exact) mass is 1210 g/mol. The van der Waals surface area contributed by atoms with Crippen molar-refractivity contribution in [3.8, 4) is 11.5 Å². The second-order valence-corrected chi connectivity index (χ2v) is 21.7. The second-order valence-electron chi connectivity index (χ2n) is 21.7. The van der Waals surface area contributed by atoms with Crippen LogP contribution in [-0.4, -0.2) is 139 Å². The molecular weight excluding hydrogens is 1130 g/mol. The summed E-state index contributed by atoms with van der Waals surface area (Å²) < 4.78 is 55.5. The molecule has 0 radical (unpaired) electrons. The molecule has 2 N–H and O–H groups in total. The number of halogens is 2. The van der Waals surface area contributed by atoms with Crippen LogP contribution in [0.1, 0.15) is 157 Å². The number of benzene rings is 2. The zero-order valence-corrected chi connectivity index (χ0v) is 51.3. The van der Waals surface area contributed by atoms with Crippen molar-refractivity contribution in [2.75, 3.05) is 78.3 Å². The van der Waals surface area contributed by atoms with Crippen LogP contribution < -0.4 is 9.64 Å². The molecule has 4 aromatic rings. The number of aromatic hydroxyl groups is 1. The molecule has 25 heteroatoms. The van der Waals surface area contributed by atoms with Gasteiger partial charge in [-0.1, -0.05) is 41.4 Å². The molecule has 87 heavy (non-hydrogen) atoms. The maximum Gasteiger partial charge on any atom is 0.416 e. The number of fused-ring (bicyclic) bond motifs is 2. The van der Waals surface area contributed by atoms with Gasteiger partial charge in [-0.25, -0.2) is 18.6 Å². The molecule has 2 aromatic heterocycles. The van der Waals surface area contributed by atoms with Gasteiger partial charge in [0, 0.05) is 73.5 Å². The SMILES string of the molecule is CCN=[N+]=[N-].CCOC(=O)C[C@@H](c1ccc(O)c(F)c1)N(C)C(=O)CCCCc1ccc2c(n1)N(C(=O)OC(C)(C)C)CCC2.CN(C(=O)CCCCc1ccc2c(n1)CCCC2)[C@@H](CC(=O)O)c1ccc(OCCOCCOCCN=[N+]=[N-])c(F)c1. The van der Waals surface area contributed by atoms with Crippen LogP contribution in [0.5, 0.6) is 11.5 Å². The lowest BCUT2D eigenvalue weighted by atomic mass is 9.95. The van der Waals surface area contributed by atoms with Crippen LogP contribution in [-0.2, 0) is 70.2 Å². The van der Waals surface area contributed by atoms with Crippen molar-refractivity contribution in [2.24, 2.45) is 10.2 Å². The van der Waals surface area contributed by atoms with E-state index < -0.39 is 53.1 Å². The van der Waals surface area contributed by atoms with Crippen LogP contribution in [0, 0.1) is 11.6 Å². The van der Waals surface area contributed by atoms with Crippen molar-refractivity contribution in [3.05, 3.63) is 133 Å². The molecule has 0 saturated heterocycles. The number of phenolic OH excluding ortho intramolecular Hbond substituents is 1. The average molecular weight is 1210 g/mol. The number of esters is 1. The van der Waals surface area contributed by atoms with E-state index in [0.717, 1.165) is 61.5 Å². The fourth-order valence-corrected chi connectivity index (χ4v) is 9.56. The van der Waals surface area contributed by atoms with Crippen molar-refractivity contribution < 1.29 is 66.7 Å². The molecule has 0 unspecified atom stereocenters. The van der Waals surface area contributed by atoms with Crippen molar-refractivity contribution in [1.29, 1.82) is 0 Å². The van der Waals surface area contributed by atoms with E-state index in [1.165, 1.54) is 58.2 Å². The number of amides is 3. The maximum absolute atomic E-state index is 14.8. The van der Waals surface area contributed by atoms with Gasteiger partial charge in [-0.15, -0.1) is 0 Å². The summed E-state index contributed by atoms with van der Waals surface area (Å²) in [6.07, 6.45) is 9.93. The Morgan fingerprint density at radius 1 is 0.713 bits per heavy atom. The number of anilines is 1. The number of aromatic nitrogens is 2. The molecule has 2 aliphatic rings. The summed E-state index contributed by atoms with van der Waals surface area (Å²) in [5, 5.41) is 25.5. The number of phenols is 1. The van der Waals surface area contributed by atoms with Gasteiger partial charge in [-0.05, 0) is 174 Å². The molecule has 6 rings (SSSR count). The Kier molecular flexibility index (Phi) is 31.3. The molecule has 0 saturated carbocycles. The van der Waals surface area contributed by atoms with Gasteiger partial charge in [0.2, 0.25) is 11.8 Å². The van der Waals surface area contributed by atoms with Crippen molar-refractivity contribution >= 4 is 35.7 Å². The van der Waals surface area contributed by atoms with E-state index in [9.17, 15) is 43.0 Å². The van der Waals surface area contributed by atoms with Crippen molar-refractivity contribution in [3.63, 3.8) is 0 Å². The van der Waals surface area contributed by atoms with Gasteiger partial charge in [0.15, 0.2) is 23.1 Å². The molecule has 1 aliphatic carbocycles. The minimum atomic E-state index is -1.09. The smallest absolute Gasteiger partial charge is 0.416 e. The quantitative estimate of drug-likeness (QED) is 0.0161. The average Bonchev–Trinajstić information content (AvgIpc) is 2.66. The van der Waals surface area contributed by atoms with Crippen LogP contribution in [0.4, 0.5) is 19.4 Å². The van der Waals surface area contributed by atoms with Crippen LogP contribution in [0.2, 0.25) is 0 Å². The Morgan fingerprint density at radius 2 is 1.29 bits per heavy atom. The Bertz CT molecular complexity index is 2970. The van der Waals surface area contributed by atoms with Gasteiger partial charge in [0.25, 0.3) is 0 Å². The number of aliphatic carboxylic acids is 1. The first-order chi connectivity index (χ1) is 41.7. The number of ether oxygens (including phenoxy) is 5. The van der Waals surface area contributed by atoms with E-state index >= 15 is 0 Å². The molecule has 0 fully saturated rings. The highest BCUT2D eigenvalue weighted by molar-refractivity contribution is 5.88. The lowest BCUT2D eigenvalue weighted by Gasteiger charge is -2.31. The van der Waals surface area contributed by atoms with E-state index in [-0.39, 0.29) is 69.6 Å². The highest BCUT2D eigenvalue weighted by Gasteiger charge is 2.30. The molecule has 23 nitrogen and oxygen atoms in total. The van der Waals surface area contributed by atoms with E-state index in [4.69, 9.17) is 44.7 Å². The molecule has 3 amide bonds. The van der Waals surface area contributed by atoms with Gasteiger partial charge < -0.3 is 43.7 Å². The minimum absolute atomic E-state index is 0.00630. The first-order valence-electron chi connectivity index (χ1n) is 29.6. The van der Waals surface area contributed by atoms with Crippen LogP contribution in [0.25, 0.3) is 20.9 Å². The number of aryl methyl sites for hydroxylation is 5. The fraction of sp³-hybridized carbons (Fsp3) is 0.565. The maximum atomic E-state index is 14.8. The molecule has 2 atom stereocenters. The number of azide groups is 2. The molecule has 3 heterocycles. The molecule has 1 aliphatic heterocycles. The van der Waals surface area contributed by atoms with Gasteiger partial charge >= 0.3 is 18.0 Å². The summed E-state index contributed by atoms with van der Waals surface area (Å²) in [5.41, 5.74) is 21.3. The Morgan fingerprint density at radius 3 is 1.87 bits per heavy atom. The zero-order chi connectivity index (χ0) is 63.7. The van der Waals surface area contributed by atoms with E-state index in [2.05, 4.69) is 32.2 Å². The summed E-state index contributed by atoms with van der Waals surface area (Å²) >= 11 is 0. The topological polar surface area (TPSA) is 305 Å². The summed E-state index contributed by atoms with van der Waals surface area (Å²) in [4.78, 5) is 81.6. The predicted octanol–water partition coefficient (Wildman–Crippen LogP) is 12.0. The molecule has 0 bridgehead atoms. The van der Waals surface area contributed by atoms with E-state index in [0.29, 0.717) is 75.5 Å². The summed E-state index contributed by atoms with van der Waals surface area (Å²) in [6.45, 7) is 11.8.